The third-order valence-corrected chi connectivity index (χ3v) is 2.97. The highest BCUT2D eigenvalue weighted by atomic mass is 19.1. The Hall–Kier alpha value is -0.110. The van der Waals surface area contributed by atoms with Crippen molar-refractivity contribution in [1.29, 1.82) is 0 Å². The van der Waals surface area contributed by atoms with Crippen LogP contribution in [0.15, 0.2) is 0 Å². The van der Waals surface area contributed by atoms with Crippen LogP contribution >= 0.6 is 0 Å². The van der Waals surface area contributed by atoms with Gasteiger partial charge in [-0.2, -0.15) is 0 Å². The van der Waals surface area contributed by atoms with Crippen LogP contribution in [0, 0.1) is 11.8 Å². The van der Waals surface area contributed by atoms with Crippen LogP contribution in [-0.4, -0.2) is 16.9 Å². The van der Waals surface area contributed by atoms with Crippen molar-refractivity contribution in [1.82, 2.24) is 0 Å². The summed E-state index contributed by atoms with van der Waals surface area (Å²) in [7, 11) is 0. The first-order chi connectivity index (χ1) is 5.91. The Labute approximate surface area is 80.3 Å². The minimum Gasteiger partial charge on any atom is -0.393 e. The summed E-state index contributed by atoms with van der Waals surface area (Å²) >= 11 is 0. The molecule has 0 aromatic heterocycles. The minimum absolute atomic E-state index is 0.170. The Bertz CT molecular complexity index is 165. The van der Waals surface area contributed by atoms with Crippen LogP contribution in [0.5, 0.6) is 0 Å². The van der Waals surface area contributed by atoms with Crippen molar-refractivity contribution in [2.75, 3.05) is 0 Å². The fraction of sp³-hybridized carbons (Fsp3) is 1.00. The van der Waals surface area contributed by atoms with Gasteiger partial charge >= 0.3 is 0 Å². The largest absolute Gasteiger partial charge is 0.393 e. The van der Waals surface area contributed by atoms with Gasteiger partial charge in [-0.05, 0) is 44.4 Å². The van der Waals surface area contributed by atoms with Crippen LogP contribution < -0.4 is 0 Å². The molecule has 0 aliphatic heterocycles. The molecule has 1 saturated carbocycles. The second-order valence-electron chi connectivity index (χ2n) is 5.11. The van der Waals surface area contributed by atoms with Crippen LogP contribution in [0.4, 0.5) is 4.39 Å². The van der Waals surface area contributed by atoms with Gasteiger partial charge in [-0.15, -0.1) is 0 Å². The van der Waals surface area contributed by atoms with Gasteiger partial charge in [0.25, 0.3) is 0 Å². The Morgan fingerprint density at radius 2 is 2.15 bits per heavy atom. The highest BCUT2D eigenvalue weighted by Gasteiger charge is 2.36. The molecule has 1 N–H and O–H groups in total. The van der Waals surface area contributed by atoms with Gasteiger partial charge in [-0.3, -0.25) is 0 Å². The highest BCUT2D eigenvalue weighted by molar-refractivity contribution is 4.87. The number of hydrogen-bond acceptors (Lipinski definition) is 1. The van der Waals surface area contributed by atoms with Gasteiger partial charge in [0, 0.05) is 0 Å². The van der Waals surface area contributed by atoms with Crippen LogP contribution in [0.2, 0.25) is 0 Å². The summed E-state index contributed by atoms with van der Waals surface area (Å²) in [4.78, 5) is 0. The van der Waals surface area contributed by atoms with Crippen molar-refractivity contribution in [2.45, 2.75) is 58.2 Å². The summed E-state index contributed by atoms with van der Waals surface area (Å²) in [5, 5.41) is 9.68. The van der Waals surface area contributed by atoms with Crippen molar-refractivity contribution >= 4 is 0 Å². The number of aliphatic hydroxyl groups excluding tert-OH is 1. The van der Waals surface area contributed by atoms with Crippen molar-refractivity contribution in [3.63, 3.8) is 0 Å². The van der Waals surface area contributed by atoms with Gasteiger partial charge in [0.05, 0.1) is 6.10 Å². The maximum Gasteiger partial charge on any atom is 0.108 e. The third-order valence-electron chi connectivity index (χ3n) is 2.97. The average molecular weight is 188 g/mol. The molecule has 0 bridgehead atoms. The monoisotopic (exact) mass is 188 g/mol. The molecule has 1 aliphatic carbocycles. The number of alkyl halides is 1. The lowest BCUT2D eigenvalue weighted by Gasteiger charge is -2.36. The van der Waals surface area contributed by atoms with E-state index in [1.165, 1.54) is 0 Å². The predicted molar refractivity (Wildman–Crippen MR) is 52.3 cm³/mol. The Morgan fingerprint density at radius 3 is 2.69 bits per heavy atom. The zero-order valence-electron chi connectivity index (χ0n) is 8.89. The molecule has 13 heavy (non-hydrogen) atoms. The van der Waals surface area contributed by atoms with E-state index in [1.807, 2.05) is 0 Å². The molecule has 3 atom stereocenters. The molecule has 0 amide bonds. The molecule has 0 heterocycles. The molecular weight excluding hydrogens is 167 g/mol. The average Bonchev–Trinajstić information content (AvgIpc) is 1.95. The number of rotatable bonds is 2. The van der Waals surface area contributed by atoms with E-state index in [0.717, 1.165) is 6.42 Å². The van der Waals surface area contributed by atoms with Crippen molar-refractivity contribution in [3.8, 4) is 0 Å². The van der Waals surface area contributed by atoms with Gasteiger partial charge in [0.2, 0.25) is 0 Å². The highest BCUT2D eigenvalue weighted by Crippen LogP contribution is 2.38. The molecule has 0 spiro atoms. The van der Waals surface area contributed by atoms with E-state index >= 15 is 0 Å². The van der Waals surface area contributed by atoms with Crippen LogP contribution in [0.25, 0.3) is 0 Å². The zero-order valence-corrected chi connectivity index (χ0v) is 8.89. The van der Waals surface area contributed by atoms with Crippen LogP contribution in [-0.2, 0) is 0 Å². The summed E-state index contributed by atoms with van der Waals surface area (Å²) in [6, 6.07) is 0. The molecule has 0 radical (unpaired) electrons. The van der Waals surface area contributed by atoms with E-state index in [0.29, 0.717) is 25.2 Å². The van der Waals surface area contributed by atoms with E-state index in [4.69, 9.17) is 0 Å². The van der Waals surface area contributed by atoms with Crippen molar-refractivity contribution < 1.29 is 9.50 Å². The SMILES string of the molecule is CC(C)C[C@@H]1CC(C)(F)CC[C@@H]1O. The molecule has 0 saturated heterocycles. The van der Waals surface area contributed by atoms with E-state index in [1.54, 1.807) is 6.92 Å². The van der Waals surface area contributed by atoms with Gasteiger partial charge in [0.1, 0.15) is 5.67 Å². The topological polar surface area (TPSA) is 20.2 Å². The van der Waals surface area contributed by atoms with Gasteiger partial charge < -0.3 is 5.11 Å². The van der Waals surface area contributed by atoms with Crippen LogP contribution in [0.3, 0.4) is 0 Å². The second-order valence-corrected chi connectivity index (χ2v) is 5.11. The quantitative estimate of drug-likeness (QED) is 0.706. The first-order valence-electron chi connectivity index (χ1n) is 5.28. The fourth-order valence-electron chi connectivity index (χ4n) is 2.32. The van der Waals surface area contributed by atoms with Crippen LogP contribution in [0.1, 0.15) is 46.5 Å². The third kappa shape index (κ3) is 3.26. The number of aliphatic hydroxyl groups is 1. The summed E-state index contributed by atoms with van der Waals surface area (Å²) in [6.07, 6.45) is 2.35. The molecule has 1 fully saturated rings. The maximum atomic E-state index is 13.6. The van der Waals surface area contributed by atoms with E-state index in [9.17, 15) is 9.50 Å². The number of halogens is 1. The van der Waals surface area contributed by atoms with Gasteiger partial charge in [-0.1, -0.05) is 13.8 Å². The summed E-state index contributed by atoms with van der Waals surface area (Å²) in [5.41, 5.74) is -1.04. The first-order valence-corrected chi connectivity index (χ1v) is 5.28. The molecule has 1 nitrogen and oxygen atoms in total. The summed E-state index contributed by atoms with van der Waals surface area (Å²) in [6.45, 7) is 5.90. The smallest absolute Gasteiger partial charge is 0.108 e. The minimum atomic E-state index is -1.04. The van der Waals surface area contributed by atoms with Crippen molar-refractivity contribution in [2.24, 2.45) is 11.8 Å². The maximum absolute atomic E-state index is 13.6. The second kappa shape index (κ2) is 3.95. The molecule has 1 rings (SSSR count). The summed E-state index contributed by atoms with van der Waals surface area (Å²) in [5.74, 6) is 0.720. The molecule has 1 aliphatic rings. The fourth-order valence-corrected chi connectivity index (χ4v) is 2.32. The molecular formula is C11H21FO. The van der Waals surface area contributed by atoms with Crippen molar-refractivity contribution in [3.05, 3.63) is 0 Å². The lowest BCUT2D eigenvalue weighted by molar-refractivity contribution is -0.0113. The predicted octanol–water partition coefficient (Wildman–Crippen LogP) is 2.92. The number of hydrogen-bond donors (Lipinski definition) is 1. The Kier molecular flexibility index (Phi) is 3.33. The standard InChI is InChI=1S/C11H21FO/c1-8(2)6-9-7-11(3,12)5-4-10(9)13/h8-10,13H,4-7H2,1-3H3/t9-,10+,11?/m1/s1. The summed E-state index contributed by atoms with van der Waals surface area (Å²) < 4.78 is 13.6. The normalized spacial score (nSPS) is 41.1. The molecule has 2 heteroatoms. The lowest BCUT2D eigenvalue weighted by atomic mass is 9.75. The molecule has 78 valence electrons. The van der Waals surface area contributed by atoms with E-state index in [-0.39, 0.29) is 12.0 Å². The van der Waals surface area contributed by atoms with E-state index < -0.39 is 5.67 Å². The van der Waals surface area contributed by atoms with Gasteiger partial charge in [0.15, 0.2) is 0 Å². The Morgan fingerprint density at radius 1 is 1.54 bits per heavy atom. The first kappa shape index (κ1) is 11.0. The Balaban J connectivity index is 2.50. The van der Waals surface area contributed by atoms with E-state index in [2.05, 4.69) is 13.8 Å². The van der Waals surface area contributed by atoms with Gasteiger partial charge in [-0.25, -0.2) is 4.39 Å². The lowest BCUT2D eigenvalue weighted by Crippen LogP contribution is -2.37. The molecule has 0 aromatic carbocycles. The molecule has 0 aromatic rings. The zero-order chi connectivity index (χ0) is 10.1. The molecule has 1 unspecified atom stereocenters.